The fourth-order valence-electron chi connectivity index (χ4n) is 5.30. The molecule has 5 heteroatoms. The van der Waals surface area contributed by atoms with Crippen molar-refractivity contribution in [3.05, 3.63) is 54.1 Å². The van der Waals surface area contributed by atoms with Gasteiger partial charge >= 0.3 is 0 Å². The molecular weight excluding hydrogens is 410 g/mol. The van der Waals surface area contributed by atoms with Crippen molar-refractivity contribution < 1.29 is 14.0 Å². The number of ether oxygens (including phenoxy) is 2. The van der Waals surface area contributed by atoms with Crippen LogP contribution in [0.3, 0.4) is 0 Å². The molecule has 1 aliphatic rings. The van der Waals surface area contributed by atoms with Crippen LogP contribution in [0, 0.1) is 11.3 Å². The molecule has 0 amide bonds. The van der Waals surface area contributed by atoms with Crippen molar-refractivity contribution in [3.63, 3.8) is 0 Å². The number of hydrogen-bond acceptors (Lipinski definition) is 4. The standard InChI is InChI=1S/C28H28N3O2/c1-5-15-30-19-9-7-11-22(32-3)24(19)27-25-20(10-8-12-23(25)33-4)31(16-6-2)28-18(17-29)13-14-21(30)26(27)28/h7-14H,5-6,15-16H2,1-4H3/q+1. The minimum atomic E-state index is 0.683. The van der Waals surface area contributed by atoms with Gasteiger partial charge in [-0.15, -0.1) is 0 Å². The summed E-state index contributed by atoms with van der Waals surface area (Å²) in [6.07, 6.45) is 1.96. The first-order valence-corrected chi connectivity index (χ1v) is 11.5. The van der Waals surface area contributed by atoms with Crippen LogP contribution < -0.4 is 18.9 Å². The molecule has 0 saturated carbocycles. The molecule has 0 unspecified atom stereocenters. The Morgan fingerprint density at radius 2 is 1.61 bits per heavy atom. The quantitative estimate of drug-likeness (QED) is 0.269. The lowest BCUT2D eigenvalue weighted by molar-refractivity contribution is -0.645. The largest absolute Gasteiger partial charge is 0.496 e. The Labute approximate surface area is 194 Å². The van der Waals surface area contributed by atoms with E-state index in [1.54, 1.807) is 14.2 Å². The highest BCUT2D eigenvalue weighted by Crippen LogP contribution is 2.54. The predicted molar refractivity (Wildman–Crippen MR) is 132 cm³/mol. The van der Waals surface area contributed by atoms with Crippen LogP contribution in [0.5, 0.6) is 11.5 Å². The normalized spacial score (nSPS) is 12.0. The minimum absolute atomic E-state index is 0.683. The van der Waals surface area contributed by atoms with Gasteiger partial charge in [0.2, 0.25) is 11.0 Å². The summed E-state index contributed by atoms with van der Waals surface area (Å²) < 4.78 is 14.1. The average Bonchev–Trinajstić information content (AvgIpc) is 2.86. The van der Waals surface area contributed by atoms with E-state index in [4.69, 9.17) is 9.47 Å². The Morgan fingerprint density at radius 1 is 0.848 bits per heavy atom. The van der Waals surface area contributed by atoms with Gasteiger partial charge in [-0.25, -0.2) is 0 Å². The Hall–Kier alpha value is -3.78. The summed E-state index contributed by atoms with van der Waals surface area (Å²) in [6, 6.07) is 18.9. The number of benzene rings is 3. The second kappa shape index (κ2) is 8.29. The van der Waals surface area contributed by atoms with Gasteiger partial charge in [-0.3, -0.25) is 0 Å². The molecule has 0 radical (unpaired) electrons. The molecule has 0 fully saturated rings. The SMILES string of the molecule is CCCN1c2cccc(OC)c2-c2c3c(OC)cccc3[n+](CCC)c3c(C#N)ccc1c23. The Balaban J connectivity index is 2.14. The minimum Gasteiger partial charge on any atom is -0.496 e. The molecule has 0 bridgehead atoms. The number of nitriles is 1. The average molecular weight is 439 g/mol. The Kier molecular flexibility index (Phi) is 5.30. The van der Waals surface area contributed by atoms with E-state index in [0.29, 0.717) is 5.56 Å². The van der Waals surface area contributed by atoms with Gasteiger partial charge in [-0.05, 0) is 36.8 Å². The fraction of sp³-hybridized carbons (Fsp3) is 0.286. The molecule has 3 aromatic carbocycles. The molecule has 1 aliphatic heterocycles. The van der Waals surface area contributed by atoms with E-state index < -0.39 is 0 Å². The van der Waals surface area contributed by atoms with E-state index in [2.05, 4.69) is 47.6 Å². The molecule has 33 heavy (non-hydrogen) atoms. The maximum Gasteiger partial charge on any atom is 0.233 e. The van der Waals surface area contributed by atoms with Gasteiger partial charge in [0, 0.05) is 30.2 Å². The van der Waals surface area contributed by atoms with Crippen molar-refractivity contribution in [1.29, 1.82) is 5.26 Å². The number of aryl methyl sites for hydroxylation is 1. The maximum atomic E-state index is 10.1. The van der Waals surface area contributed by atoms with Crippen molar-refractivity contribution in [2.24, 2.45) is 0 Å². The predicted octanol–water partition coefficient (Wildman–Crippen LogP) is 6.11. The number of hydrogen-bond donors (Lipinski definition) is 0. The first kappa shape index (κ1) is 21.1. The van der Waals surface area contributed by atoms with Crippen LogP contribution in [0.1, 0.15) is 32.3 Å². The molecule has 5 nitrogen and oxygen atoms in total. The molecule has 0 aliphatic carbocycles. The lowest BCUT2D eigenvalue weighted by Gasteiger charge is -2.34. The van der Waals surface area contributed by atoms with E-state index in [1.807, 2.05) is 30.3 Å². The second-order valence-electron chi connectivity index (χ2n) is 8.35. The molecule has 5 rings (SSSR count). The van der Waals surface area contributed by atoms with Crippen molar-refractivity contribution in [3.8, 4) is 28.7 Å². The maximum absolute atomic E-state index is 10.1. The summed E-state index contributed by atoms with van der Waals surface area (Å²) in [5.74, 6) is 1.65. The Morgan fingerprint density at radius 3 is 2.30 bits per heavy atom. The zero-order valence-corrected chi connectivity index (χ0v) is 19.6. The molecule has 0 N–H and O–H groups in total. The van der Waals surface area contributed by atoms with Gasteiger partial charge in [0.15, 0.2) is 0 Å². The van der Waals surface area contributed by atoms with Crippen molar-refractivity contribution in [2.75, 3.05) is 25.7 Å². The summed E-state index contributed by atoms with van der Waals surface area (Å²) in [5.41, 5.74) is 7.10. The number of pyridine rings is 1. The zero-order valence-electron chi connectivity index (χ0n) is 19.6. The van der Waals surface area contributed by atoms with E-state index in [1.165, 1.54) is 0 Å². The second-order valence-corrected chi connectivity index (χ2v) is 8.35. The van der Waals surface area contributed by atoms with Gasteiger partial charge in [0.05, 0.1) is 36.4 Å². The number of aromatic nitrogens is 1. The van der Waals surface area contributed by atoms with E-state index in [9.17, 15) is 5.26 Å². The fourth-order valence-corrected chi connectivity index (χ4v) is 5.30. The van der Waals surface area contributed by atoms with Gasteiger partial charge in [-0.2, -0.15) is 9.83 Å². The van der Waals surface area contributed by atoms with Crippen LogP contribution in [-0.2, 0) is 6.54 Å². The number of fused-ring (bicyclic) bond motifs is 4. The molecule has 166 valence electrons. The van der Waals surface area contributed by atoms with Gasteiger partial charge in [0.25, 0.3) is 0 Å². The number of rotatable bonds is 6. The number of methoxy groups -OCH3 is 2. The lowest BCUT2D eigenvalue weighted by atomic mass is 9.87. The highest BCUT2D eigenvalue weighted by Gasteiger charge is 2.35. The molecule has 2 heterocycles. The van der Waals surface area contributed by atoms with E-state index in [-0.39, 0.29) is 0 Å². The Bertz CT molecular complexity index is 1440. The summed E-state index contributed by atoms with van der Waals surface area (Å²) in [7, 11) is 3.44. The van der Waals surface area contributed by atoms with Crippen molar-refractivity contribution >= 4 is 33.2 Å². The van der Waals surface area contributed by atoms with Crippen LogP contribution in [0.15, 0.2) is 48.5 Å². The highest BCUT2D eigenvalue weighted by atomic mass is 16.5. The van der Waals surface area contributed by atoms with E-state index >= 15 is 0 Å². The van der Waals surface area contributed by atoms with Crippen LogP contribution in [0.4, 0.5) is 11.4 Å². The van der Waals surface area contributed by atoms with Crippen molar-refractivity contribution in [2.45, 2.75) is 33.2 Å². The van der Waals surface area contributed by atoms with Crippen molar-refractivity contribution in [1.82, 2.24) is 0 Å². The van der Waals surface area contributed by atoms with Crippen LogP contribution >= 0.6 is 0 Å². The molecule has 1 aromatic heterocycles. The summed E-state index contributed by atoms with van der Waals surface area (Å²) in [5, 5.41) is 12.3. The third kappa shape index (κ3) is 2.94. The molecule has 0 spiro atoms. The smallest absolute Gasteiger partial charge is 0.233 e. The zero-order chi connectivity index (χ0) is 23.1. The number of nitrogens with zero attached hydrogens (tertiary/aromatic N) is 3. The molecule has 0 atom stereocenters. The van der Waals surface area contributed by atoms with Crippen LogP contribution in [-0.4, -0.2) is 20.8 Å². The third-order valence-electron chi connectivity index (χ3n) is 6.51. The first-order chi connectivity index (χ1) is 16.2. The summed E-state index contributed by atoms with van der Waals surface area (Å²) in [4.78, 5) is 2.37. The first-order valence-electron chi connectivity index (χ1n) is 11.5. The van der Waals surface area contributed by atoms with Gasteiger partial charge in [0.1, 0.15) is 29.7 Å². The molecule has 0 saturated heterocycles. The monoisotopic (exact) mass is 438 g/mol. The van der Waals surface area contributed by atoms with Gasteiger partial charge < -0.3 is 14.4 Å². The van der Waals surface area contributed by atoms with Gasteiger partial charge in [-0.1, -0.05) is 26.0 Å². The third-order valence-corrected chi connectivity index (χ3v) is 6.51. The van der Waals surface area contributed by atoms with Crippen LogP contribution in [0.2, 0.25) is 0 Å². The van der Waals surface area contributed by atoms with Crippen LogP contribution in [0.25, 0.3) is 32.9 Å². The summed E-state index contributed by atoms with van der Waals surface area (Å²) in [6.45, 7) is 6.04. The highest BCUT2D eigenvalue weighted by molar-refractivity contribution is 6.20. The lowest BCUT2D eigenvalue weighted by Crippen LogP contribution is -2.37. The topological polar surface area (TPSA) is 49.4 Å². The molecule has 4 aromatic rings. The number of anilines is 2. The van der Waals surface area contributed by atoms with E-state index in [0.717, 1.165) is 81.7 Å². The molecular formula is C28H28N3O2+. The summed E-state index contributed by atoms with van der Waals surface area (Å²) >= 11 is 0.